The number of anilines is 1. The van der Waals surface area contributed by atoms with Crippen molar-refractivity contribution in [2.75, 3.05) is 11.9 Å². The first-order chi connectivity index (χ1) is 9.41. The van der Waals surface area contributed by atoms with Crippen molar-refractivity contribution in [2.45, 2.75) is 44.8 Å². The molecule has 0 heterocycles. The van der Waals surface area contributed by atoms with Crippen LogP contribution in [0.15, 0.2) is 18.2 Å². The van der Waals surface area contributed by atoms with Crippen LogP contribution in [0.5, 0.6) is 0 Å². The van der Waals surface area contributed by atoms with Crippen LogP contribution in [0.2, 0.25) is 0 Å². The van der Waals surface area contributed by atoms with Crippen molar-refractivity contribution in [2.24, 2.45) is 11.7 Å². The van der Waals surface area contributed by atoms with Crippen molar-refractivity contribution in [1.29, 1.82) is 0 Å². The molecule has 0 radical (unpaired) electrons. The zero-order valence-electron chi connectivity index (χ0n) is 11.6. The second kappa shape index (κ2) is 6.04. The highest BCUT2D eigenvalue weighted by Crippen LogP contribution is 2.34. The van der Waals surface area contributed by atoms with Gasteiger partial charge in [0.25, 0.3) is 0 Å². The van der Waals surface area contributed by atoms with E-state index >= 15 is 0 Å². The molecule has 2 unspecified atom stereocenters. The SMILES string of the molecule is Cc1ccc(NC2CCCCC2CN)cc1C(F)(F)F. The Bertz CT molecular complexity index is 457. The smallest absolute Gasteiger partial charge is 0.382 e. The molecule has 0 aliphatic heterocycles. The normalized spacial score (nSPS) is 23.6. The van der Waals surface area contributed by atoms with E-state index < -0.39 is 11.7 Å². The summed E-state index contributed by atoms with van der Waals surface area (Å²) in [6, 6.07) is 4.62. The van der Waals surface area contributed by atoms with Crippen molar-refractivity contribution in [3.63, 3.8) is 0 Å². The van der Waals surface area contributed by atoms with Crippen molar-refractivity contribution in [3.8, 4) is 0 Å². The molecule has 0 amide bonds. The maximum absolute atomic E-state index is 12.9. The van der Waals surface area contributed by atoms with E-state index in [-0.39, 0.29) is 11.6 Å². The largest absolute Gasteiger partial charge is 0.416 e. The summed E-state index contributed by atoms with van der Waals surface area (Å²) in [5, 5.41) is 3.24. The number of nitrogens with two attached hydrogens (primary N) is 1. The van der Waals surface area contributed by atoms with Gasteiger partial charge in [-0.3, -0.25) is 0 Å². The Labute approximate surface area is 117 Å². The molecule has 2 nitrogen and oxygen atoms in total. The van der Waals surface area contributed by atoms with Crippen LogP contribution in [0.3, 0.4) is 0 Å². The molecule has 1 aromatic carbocycles. The molecular weight excluding hydrogens is 265 g/mol. The highest BCUT2D eigenvalue weighted by Gasteiger charge is 2.33. The first-order valence-electron chi connectivity index (χ1n) is 7.06. The third kappa shape index (κ3) is 3.45. The number of benzene rings is 1. The molecule has 20 heavy (non-hydrogen) atoms. The van der Waals surface area contributed by atoms with Crippen LogP contribution >= 0.6 is 0 Å². The van der Waals surface area contributed by atoms with E-state index in [2.05, 4.69) is 5.32 Å². The monoisotopic (exact) mass is 286 g/mol. The Morgan fingerprint density at radius 3 is 2.60 bits per heavy atom. The second-order valence-electron chi connectivity index (χ2n) is 5.56. The molecule has 1 fully saturated rings. The predicted molar refractivity (Wildman–Crippen MR) is 74.6 cm³/mol. The van der Waals surface area contributed by atoms with Gasteiger partial charge in [0.2, 0.25) is 0 Å². The fraction of sp³-hybridized carbons (Fsp3) is 0.600. The summed E-state index contributed by atoms with van der Waals surface area (Å²) >= 11 is 0. The van der Waals surface area contributed by atoms with Crippen LogP contribution in [0.4, 0.5) is 18.9 Å². The number of aryl methyl sites for hydroxylation is 1. The average molecular weight is 286 g/mol. The number of hydrogen-bond acceptors (Lipinski definition) is 2. The van der Waals surface area contributed by atoms with E-state index in [0.717, 1.165) is 25.7 Å². The van der Waals surface area contributed by atoms with Gasteiger partial charge in [-0.25, -0.2) is 0 Å². The summed E-state index contributed by atoms with van der Waals surface area (Å²) in [6.07, 6.45) is -0.0290. The van der Waals surface area contributed by atoms with Crippen LogP contribution < -0.4 is 11.1 Å². The van der Waals surface area contributed by atoms with Crippen molar-refractivity contribution in [3.05, 3.63) is 29.3 Å². The van der Waals surface area contributed by atoms with Crippen LogP contribution in [-0.4, -0.2) is 12.6 Å². The quantitative estimate of drug-likeness (QED) is 0.883. The minimum atomic E-state index is -4.30. The first kappa shape index (κ1) is 15.2. The summed E-state index contributed by atoms with van der Waals surface area (Å²) in [6.45, 7) is 2.06. The Kier molecular flexibility index (Phi) is 4.58. The van der Waals surface area contributed by atoms with Gasteiger partial charge in [-0.1, -0.05) is 18.9 Å². The third-order valence-corrected chi connectivity index (χ3v) is 4.11. The van der Waals surface area contributed by atoms with E-state index in [9.17, 15) is 13.2 Å². The summed E-state index contributed by atoms with van der Waals surface area (Å²) in [5.74, 6) is 0.347. The van der Waals surface area contributed by atoms with Crippen LogP contribution in [-0.2, 0) is 6.18 Å². The molecule has 112 valence electrons. The molecule has 2 rings (SSSR count). The summed E-state index contributed by atoms with van der Waals surface area (Å²) in [7, 11) is 0. The molecule has 0 saturated heterocycles. The Morgan fingerprint density at radius 2 is 1.95 bits per heavy atom. The first-order valence-corrected chi connectivity index (χ1v) is 7.06. The molecule has 3 N–H and O–H groups in total. The number of rotatable bonds is 3. The maximum Gasteiger partial charge on any atom is 0.416 e. The summed E-state index contributed by atoms with van der Waals surface area (Å²) in [5.41, 5.74) is 5.97. The maximum atomic E-state index is 12.9. The van der Waals surface area contributed by atoms with E-state index in [0.29, 0.717) is 18.2 Å². The fourth-order valence-electron chi connectivity index (χ4n) is 2.91. The van der Waals surface area contributed by atoms with Crippen molar-refractivity contribution >= 4 is 5.69 Å². The number of hydrogen-bond donors (Lipinski definition) is 2. The molecule has 1 saturated carbocycles. The Balaban J connectivity index is 2.17. The van der Waals surface area contributed by atoms with Gasteiger partial charge < -0.3 is 11.1 Å². The molecule has 0 spiro atoms. The topological polar surface area (TPSA) is 38.0 Å². The van der Waals surface area contributed by atoms with Gasteiger partial charge >= 0.3 is 6.18 Å². The van der Waals surface area contributed by atoms with Gasteiger partial charge in [-0.2, -0.15) is 13.2 Å². The molecule has 1 aliphatic rings. The van der Waals surface area contributed by atoms with Crippen molar-refractivity contribution in [1.82, 2.24) is 0 Å². The number of halogens is 3. The lowest BCUT2D eigenvalue weighted by Crippen LogP contribution is -2.36. The number of alkyl halides is 3. The van der Waals surface area contributed by atoms with E-state index in [4.69, 9.17) is 5.73 Å². The molecule has 1 aromatic rings. The minimum absolute atomic E-state index is 0.178. The predicted octanol–water partition coefficient (Wildman–Crippen LogP) is 3.94. The van der Waals surface area contributed by atoms with E-state index in [1.807, 2.05) is 0 Å². The van der Waals surface area contributed by atoms with Crippen LogP contribution in [0, 0.1) is 12.8 Å². The van der Waals surface area contributed by atoms with E-state index in [1.165, 1.54) is 19.1 Å². The molecule has 0 aromatic heterocycles. The highest BCUT2D eigenvalue weighted by molar-refractivity contribution is 5.50. The lowest BCUT2D eigenvalue weighted by molar-refractivity contribution is -0.138. The van der Waals surface area contributed by atoms with Gasteiger partial charge in [-0.15, -0.1) is 0 Å². The van der Waals surface area contributed by atoms with Gasteiger partial charge in [0.15, 0.2) is 0 Å². The highest BCUT2D eigenvalue weighted by atomic mass is 19.4. The lowest BCUT2D eigenvalue weighted by Gasteiger charge is -2.32. The number of nitrogens with one attached hydrogen (secondary N) is 1. The minimum Gasteiger partial charge on any atom is -0.382 e. The molecule has 2 atom stereocenters. The standard InChI is InChI=1S/C15H21F3N2/c1-10-6-7-12(8-13(10)15(16,17)18)20-14-5-3-2-4-11(14)9-19/h6-8,11,14,20H,2-5,9,19H2,1H3. The fourth-order valence-corrected chi connectivity index (χ4v) is 2.91. The summed E-state index contributed by atoms with van der Waals surface area (Å²) < 4.78 is 38.7. The van der Waals surface area contributed by atoms with Gasteiger partial charge in [-0.05, 0) is 49.9 Å². The van der Waals surface area contributed by atoms with Gasteiger partial charge in [0.1, 0.15) is 0 Å². The zero-order valence-corrected chi connectivity index (χ0v) is 11.6. The zero-order chi connectivity index (χ0) is 14.8. The molecule has 1 aliphatic carbocycles. The van der Waals surface area contributed by atoms with E-state index in [1.54, 1.807) is 6.07 Å². The third-order valence-electron chi connectivity index (χ3n) is 4.11. The molecule has 5 heteroatoms. The molecular formula is C15H21F3N2. The average Bonchev–Trinajstić information content (AvgIpc) is 2.40. The van der Waals surface area contributed by atoms with Gasteiger partial charge in [0.05, 0.1) is 5.56 Å². The van der Waals surface area contributed by atoms with Crippen LogP contribution in [0.25, 0.3) is 0 Å². The second-order valence-corrected chi connectivity index (χ2v) is 5.56. The van der Waals surface area contributed by atoms with Gasteiger partial charge in [0, 0.05) is 11.7 Å². The van der Waals surface area contributed by atoms with Crippen LogP contribution in [0.1, 0.15) is 36.8 Å². The molecule has 0 bridgehead atoms. The Morgan fingerprint density at radius 1 is 1.25 bits per heavy atom. The lowest BCUT2D eigenvalue weighted by atomic mass is 9.84. The van der Waals surface area contributed by atoms with Crippen molar-refractivity contribution < 1.29 is 13.2 Å². The Hall–Kier alpha value is -1.23. The summed E-state index contributed by atoms with van der Waals surface area (Å²) in [4.78, 5) is 0.